The monoisotopic (exact) mass is 578 g/mol. The molecular formula is C33H46N4O5. The highest BCUT2D eigenvalue weighted by atomic mass is 16.5. The molecular weight excluding hydrogens is 532 g/mol. The van der Waals surface area contributed by atoms with Gasteiger partial charge in [0.1, 0.15) is 5.75 Å². The first-order chi connectivity index (χ1) is 20.4. The standard InChI is InChI=1S/C33H46N4O5/c1-3-18-42-29-21-27(36-17-11-16-32(36)40)20-28(22-29)37(24-38)30(19-25-12-7-5-8-13-25)31(39)23-35(4-2)33(41)34-26-14-9-6-10-15-26/h5,7-8,12-13,20-22,24,26,30-31,39H,3-4,6,9-11,14-19,23H2,1-2H3,(H,34,41)/t30-,31-/m0/s1. The van der Waals surface area contributed by atoms with Crippen LogP contribution in [0.5, 0.6) is 5.75 Å². The molecule has 1 saturated carbocycles. The van der Waals surface area contributed by atoms with Gasteiger partial charge in [-0.05, 0) is 50.7 Å². The van der Waals surface area contributed by atoms with E-state index in [1.165, 1.54) is 11.3 Å². The maximum atomic E-state index is 13.2. The number of aliphatic hydroxyl groups excluding tert-OH is 1. The largest absolute Gasteiger partial charge is 0.493 e. The van der Waals surface area contributed by atoms with Crippen molar-refractivity contribution in [3.63, 3.8) is 0 Å². The van der Waals surface area contributed by atoms with Gasteiger partial charge in [-0.15, -0.1) is 0 Å². The number of benzene rings is 2. The third-order valence-electron chi connectivity index (χ3n) is 8.24. The van der Waals surface area contributed by atoms with Gasteiger partial charge in [-0.25, -0.2) is 4.79 Å². The van der Waals surface area contributed by atoms with Crippen LogP contribution < -0.4 is 19.9 Å². The molecule has 0 unspecified atom stereocenters. The van der Waals surface area contributed by atoms with Gasteiger partial charge in [0, 0.05) is 49.1 Å². The average molecular weight is 579 g/mol. The second kappa shape index (κ2) is 15.6. The number of rotatable bonds is 14. The number of urea groups is 1. The van der Waals surface area contributed by atoms with Gasteiger partial charge in [0.05, 0.1) is 25.3 Å². The van der Waals surface area contributed by atoms with Gasteiger partial charge in [-0.2, -0.15) is 0 Å². The average Bonchev–Trinajstić information content (AvgIpc) is 3.45. The fraction of sp³-hybridized carbons (Fsp3) is 0.545. The Morgan fingerprint density at radius 2 is 1.88 bits per heavy atom. The first-order valence-corrected chi connectivity index (χ1v) is 15.5. The van der Waals surface area contributed by atoms with Crippen LogP contribution in [0.3, 0.4) is 0 Å². The van der Waals surface area contributed by atoms with E-state index in [4.69, 9.17) is 4.74 Å². The molecule has 1 saturated heterocycles. The number of hydrogen-bond acceptors (Lipinski definition) is 5. The van der Waals surface area contributed by atoms with Crippen LogP contribution >= 0.6 is 0 Å². The van der Waals surface area contributed by atoms with Crippen LogP contribution in [0.4, 0.5) is 16.2 Å². The molecule has 1 heterocycles. The number of hydrogen-bond donors (Lipinski definition) is 2. The van der Waals surface area contributed by atoms with Gasteiger partial charge in [0.15, 0.2) is 0 Å². The zero-order chi connectivity index (χ0) is 29.9. The SMILES string of the molecule is CCCOc1cc(N2CCCC2=O)cc(N(C=O)[C@@H](Cc2ccccc2)[C@@H](O)CN(CC)C(=O)NC2CCCCC2)c1. The van der Waals surface area contributed by atoms with Crippen LogP contribution in [0.2, 0.25) is 0 Å². The highest BCUT2D eigenvalue weighted by molar-refractivity contribution is 5.96. The zero-order valence-electron chi connectivity index (χ0n) is 25.0. The normalized spacial score (nSPS) is 17.0. The molecule has 2 aromatic carbocycles. The fourth-order valence-corrected chi connectivity index (χ4v) is 5.92. The summed E-state index contributed by atoms with van der Waals surface area (Å²) in [6.07, 6.45) is 7.50. The number of nitrogens with one attached hydrogen (secondary N) is 1. The third kappa shape index (κ3) is 8.25. The first kappa shape index (κ1) is 31.3. The number of carbonyl (C=O) groups is 3. The molecule has 9 heteroatoms. The minimum absolute atomic E-state index is 0.0367. The van der Waals surface area contributed by atoms with Gasteiger partial charge in [-0.1, -0.05) is 56.5 Å². The van der Waals surface area contributed by atoms with Gasteiger partial charge in [0.25, 0.3) is 0 Å². The fourth-order valence-electron chi connectivity index (χ4n) is 5.92. The summed E-state index contributed by atoms with van der Waals surface area (Å²) in [6.45, 7) is 5.51. The molecule has 2 N–H and O–H groups in total. The minimum Gasteiger partial charge on any atom is -0.493 e. The molecule has 9 nitrogen and oxygen atoms in total. The summed E-state index contributed by atoms with van der Waals surface area (Å²) in [5.74, 6) is 0.598. The number of anilines is 2. The van der Waals surface area contributed by atoms with Crippen molar-refractivity contribution in [1.82, 2.24) is 10.2 Å². The summed E-state index contributed by atoms with van der Waals surface area (Å²) in [4.78, 5) is 43.5. The third-order valence-corrected chi connectivity index (χ3v) is 8.24. The quantitative estimate of drug-likeness (QED) is 0.311. The van der Waals surface area contributed by atoms with Crippen molar-refractivity contribution in [3.05, 3.63) is 54.1 Å². The maximum absolute atomic E-state index is 13.2. The van der Waals surface area contributed by atoms with Gasteiger partial charge in [0.2, 0.25) is 12.3 Å². The summed E-state index contributed by atoms with van der Waals surface area (Å²) < 4.78 is 5.97. The van der Waals surface area contributed by atoms with Crippen molar-refractivity contribution in [1.29, 1.82) is 0 Å². The van der Waals surface area contributed by atoms with Crippen molar-refractivity contribution >= 4 is 29.7 Å². The summed E-state index contributed by atoms with van der Waals surface area (Å²) in [5.41, 5.74) is 2.15. The molecule has 1 aliphatic carbocycles. The van der Waals surface area contributed by atoms with E-state index in [9.17, 15) is 19.5 Å². The van der Waals surface area contributed by atoms with Gasteiger partial charge in [-0.3, -0.25) is 9.59 Å². The van der Waals surface area contributed by atoms with Crippen molar-refractivity contribution < 1.29 is 24.2 Å². The molecule has 2 fully saturated rings. The van der Waals surface area contributed by atoms with Crippen LogP contribution in [0.1, 0.15) is 70.8 Å². The van der Waals surface area contributed by atoms with E-state index in [-0.39, 0.29) is 24.5 Å². The first-order valence-electron chi connectivity index (χ1n) is 15.5. The molecule has 2 aliphatic rings. The lowest BCUT2D eigenvalue weighted by Crippen LogP contribution is -2.53. The second-order valence-electron chi connectivity index (χ2n) is 11.3. The molecule has 0 aromatic heterocycles. The summed E-state index contributed by atoms with van der Waals surface area (Å²) >= 11 is 0. The number of ether oxygens (including phenoxy) is 1. The number of aliphatic hydroxyl groups is 1. The topological polar surface area (TPSA) is 102 Å². The van der Waals surface area contributed by atoms with E-state index in [0.29, 0.717) is 49.7 Å². The Labute approximate surface area is 249 Å². The van der Waals surface area contributed by atoms with E-state index in [2.05, 4.69) is 5.32 Å². The predicted molar refractivity (Wildman–Crippen MR) is 165 cm³/mol. The van der Waals surface area contributed by atoms with Crippen LogP contribution in [0, 0.1) is 0 Å². The number of nitrogens with zero attached hydrogens (tertiary/aromatic N) is 3. The predicted octanol–water partition coefficient (Wildman–Crippen LogP) is 4.90. The summed E-state index contributed by atoms with van der Waals surface area (Å²) in [6, 6.07) is 14.4. The lowest BCUT2D eigenvalue weighted by Gasteiger charge is -2.36. The lowest BCUT2D eigenvalue weighted by atomic mass is 9.95. The number of carbonyl (C=O) groups excluding carboxylic acids is 3. The Kier molecular flexibility index (Phi) is 11.6. The zero-order valence-corrected chi connectivity index (χ0v) is 25.0. The Morgan fingerprint density at radius 3 is 2.52 bits per heavy atom. The molecule has 4 amide bonds. The van der Waals surface area contributed by atoms with Gasteiger partial charge >= 0.3 is 6.03 Å². The highest BCUT2D eigenvalue weighted by Crippen LogP contribution is 2.33. The Morgan fingerprint density at radius 1 is 1.12 bits per heavy atom. The summed E-state index contributed by atoms with van der Waals surface area (Å²) in [5, 5.41) is 14.9. The van der Waals surface area contributed by atoms with E-state index in [0.717, 1.165) is 50.5 Å². The highest BCUT2D eigenvalue weighted by Gasteiger charge is 2.31. The number of amides is 4. The van der Waals surface area contributed by atoms with E-state index in [1.54, 1.807) is 15.9 Å². The smallest absolute Gasteiger partial charge is 0.317 e. The maximum Gasteiger partial charge on any atom is 0.317 e. The molecule has 4 rings (SSSR count). The van der Waals surface area contributed by atoms with E-state index < -0.39 is 12.1 Å². The van der Waals surface area contributed by atoms with Gasteiger partial charge < -0.3 is 29.9 Å². The van der Waals surface area contributed by atoms with Crippen molar-refractivity contribution in [2.45, 2.75) is 89.8 Å². The van der Waals surface area contributed by atoms with E-state index in [1.807, 2.05) is 56.3 Å². The Hall–Kier alpha value is -3.59. The van der Waals surface area contributed by atoms with Crippen molar-refractivity contribution in [2.24, 2.45) is 0 Å². The lowest BCUT2D eigenvalue weighted by molar-refractivity contribution is -0.117. The molecule has 42 heavy (non-hydrogen) atoms. The number of likely N-dealkylation sites (N-methyl/N-ethyl adjacent to an activating group) is 1. The molecule has 0 bridgehead atoms. The van der Waals surface area contributed by atoms with Crippen LogP contribution in [-0.2, 0) is 16.0 Å². The summed E-state index contributed by atoms with van der Waals surface area (Å²) in [7, 11) is 0. The Balaban J connectivity index is 1.63. The molecule has 2 aromatic rings. The van der Waals surface area contributed by atoms with Crippen LogP contribution in [0.15, 0.2) is 48.5 Å². The molecule has 2 atom stereocenters. The van der Waals surface area contributed by atoms with Crippen LogP contribution in [-0.4, -0.2) is 72.8 Å². The molecule has 1 aliphatic heterocycles. The molecule has 0 spiro atoms. The van der Waals surface area contributed by atoms with Crippen molar-refractivity contribution in [3.8, 4) is 5.75 Å². The minimum atomic E-state index is -1.04. The van der Waals surface area contributed by atoms with E-state index >= 15 is 0 Å². The van der Waals surface area contributed by atoms with Crippen LogP contribution in [0.25, 0.3) is 0 Å². The second-order valence-corrected chi connectivity index (χ2v) is 11.3. The van der Waals surface area contributed by atoms with Crippen molar-refractivity contribution in [2.75, 3.05) is 36.0 Å². The Bertz CT molecular complexity index is 1170. The molecule has 0 radical (unpaired) electrons. The molecule has 228 valence electrons.